The molecule has 0 saturated carbocycles. The normalized spacial score (nSPS) is 47.8. The summed E-state index contributed by atoms with van der Waals surface area (Å²) >= 11 is -1.06. The minimum absolute atomic E-state index is 0.0000920. The van der Waals surface area contributed by atoms with Gasteiger partial charge in [0.05, 0.1) is 0 Å². The number of nitrogens with zero attached hydrogens (tertiary/aromatic N) is 1. The van der Waals surface area contributed by atoms with E-state index in [0.717, 1.165) is 10.0 Å². The first-order valence-electron chi connectivity index (χ1n) is 18.8. The fourth-order valence-corrected chi connectivity index (χ4v) is 9.90. The maximum atomic E-state index is 12.6. The van der Waals surface area contributed by atoms with Gasteiger partial charge >= 0.3 is 317 Å². The molecule has 5 N–H and O–H groups in total. The van der Waals surface area contributed by atoms with Gasteiger partial charge in [-0.25, -0.2) is 0 Å². The number of ether oxygens (including phenoxy) is 6. The van der Waals surface area contributed by atoms with E-state index in [1.165, 1.54) is 0 Å². The monoisotopic (exact) mass is 813 g/mol. The molecule has 3 saturated heterocycles. The van der Waals surface area contributed by atoms with Crippen molar-refractivity contribution in [3.05, 3.63) is 5.92 Å². The molecule has 0 aliphatic carbocycles. The zero-order chi connectivity index (χ0) is 38.6. The Hall–Kier alpha value is -0.0517. The fourth-order valence-electron chi connectivity index (χ4n) is 8.47. The second kappa shape index (κ2) is 19.2. The van der Waals surface area contributed by atoms with Crippen molar-refractivity contribution in [3.8, 4) is 0 Å². The number of hydrogen-bond acceptors (Lipinski definition) is 12. The van der Waals surface area contributed by atoms with Crippen molar-refractivity contribution in [2.75, 3.05) is 27.7 Å². The summed E-state index contributed by atoms with van der Waals surface area (Å²) in [6.07, 6.45) is -4.97. The fraction of sp³-hybridized carbons (Fsp3) is 0.921. The Bertz CT molecular complexity index is 1140. The third-order valence-electron chi connectivity index (χ3n) is 11.8. The van der Waals surface area contributed by atoms with E-state index in [1.807, 2.05) is 48.7 Å². The summed E-state index contributed by atoms with van der Waals surface area (Å²) in [6.45, 7) is 20.2. The average molecular weight is 812 g/mol. The Balaban J connectivity index is 2.18. The van der Waals surface area contributed by atoms with Crippen LogP contribution in [0.2, 0.25) is 0 Å². The molecule has 51 heavy (non-hydrogen) atoms. The summed E-state index contributed by atoms with van der Waals surface area (Å²) in [6, 6.07) is -0.445. The molecule has 3 heterocycles. The molecule has 13 heteroatoms. The average Bonchev–Trinajstić information content (AvgIpc) is 3.07. The van der Waals surface area contributed by atoms with Gasteiger partial charge < -0.3 is 0 Å². The maximum absolute atomic E-state index is 12.6. The standard InChI is InChI=1S/C37H69N2O10.CH2.Mo/c1-14-28-23(5)30(40)25(7)39(12)18-20(2)16-36(9,43)34(49-35-31(41)27(38-11)15-22(4)46-35)24(6)32(21(3)19-45-28)48-29-17-37(10,44-13)33(42)26(8)47-29;;/h20-22,24-35,38,40-43H,14-18H2,1-13H3;1H2;/q-1;;/t20-,21+,22-,24+,25-,26+,27+,28-,29+,30+,31-,32-,33+,34-,35+,36?,37-;;/m1../s1. The third kappa shape index (κ3) is 10.8. The van der Waals surface area contributed by atoms with E-state index >= 15 is 0 Å². The molecule has 3 aliphatic heterocycles. The van der Waals surface area contributed by atoms with Gasteiger partial charge in [-0.05, 0) is 0 Å². The van der Waals surface area contributed by atoms with E-state index in [2.05, 4.69) is 35.9 Å². The second-order valence-electron chi connectivity index (χ2n) is 16.2. The Morgan fingerprint density at radius 2 is 1.71 bits per heavy atom. The number of aliphatic hydroxyl groups is 4. The molecule has 0 spiro atoms. The van der Waals surface area contributed by atoms with E-state index in [0.29, 0.717) is 25.8 Å². The molecule has 1 unspecified atom stereocenters. The van der Waals surface area contributed by atoms with Crippen LogP contribution < -0.4 is 5.32 Å². The Kier molecular flexibility index (Phi) is 17.1. The summed E-state index contributed by atoms with van der Waals surface area (Å²) < 4.78 is 39.7. The molecule has 3 fully saturated rings. The number of nitrogens with one attached hydrogen (secondary N) is 1. The van der Waals surface area contributed by atoms with E-state index in [4.69, 9.17) is 28.4 Å². The molecule has 0 aromatic heterocycles. The van der Waals surface area contributed by atoms with Gasteiger partial charge in [-0.2, -0.15) is 0 Å². The summed E-state index contributed by atoms with van der Waals surface area (Å²) in [5.41, 5.74) is -2.32. The molecule has 300 valence electrons. The van der Waals surface area contributed by atoms with Crippen molar-refractivity contribution in [2.45, 2.75) is 180 Å². The van der Waals surface area contributed by atoms with Gasteiger partial charge in [0.1, 0.15) is 0 Å². The number of methoxy groups -OCH3 is 1. The topological polar surface area (TPSA) is 152 Å². The van der Waals surface area contributed by atoms with E-state index in [1.54, 1.807) is 21.0 Å². The van der Waals surface area contributed by atoms with Crippen molar-refractivity contribution in [3.63, 3.8) is 0 Å². The summed E-state index contributed by atoms with van der Waals surface area (Å²) in [5, 5.41) is 49.7. The van der Waals surface area contributed by atoms with Gasteiger partial charge in [0.15, 0.2) is 0 Å². The molecule has 3 aliphatic rings. The van der Waals surface area contributed by atoms with E-state index in [-0.39, 0.29) is 42.5 Å². The molecule has 17 atom stereocenters. The van der Waals surface area contributed by atoms with Crippen LogP contribution in [0.1, 0.15) is 94.9 Å². The molecular weight excluding hydrogens is 740 g/mol. The number of rotatable bonds is 7. The molecule has 0 radical (unpaired) electrons. The van der Waals surface area contributed by atoms with Crippen LogP contribution in [0.5, 0.6) is 0 Å². The van der Waals surface area contributed by atoms with E-state index < -0.39 is 84.0 Å². The minimum atomic E-state index is -1.41. The summed E-state index contributed by atoms with van der Waals surface area (Å²) in [4.78, 5) is 6.51. The zero-order valence-electron chi connectivity index (χ0n) is 33.5. The van der Waals surface area contributed by atoms with E-state index in [9.17, 15) is 20.4 Å². The van der Waals surface area contributed by atoms with Gasteiger partial charge in [0, 0.05) is 0 Å². The summed E-state index contributed by atoms with van der Waals surface area (Å²) in [5.74, 6) is 0.0386. The Labute approximate surface area is 315 Å². The van der Waals surface area contributed by atoms with Crippen LogP contribution in [0.25, 0.3) is 0 Å². The Morgan fingerprint density at radius 3 is 2.27 bits per heavy atom. The first-order valence-corrected chi connectivity index (χ1v) is 21.3. The quantitative estimate of drug-likeness (QED) is 0.190. The SMILES string of the molecule is [CH2]=[Mo]=[C]1O[C@H](CC)[C-](C)[C@H](O)[C@@H](C)N(C)C[C@H](C)CC(C)(O)[C@H](O[C@@H]2O[C@H](C)C[C@H](NC)[C@H]2O)[C@@H](C)[C@H](O[C@H]2C[C@@](C)(OC)[C@@H](O)[C@H](C)O2)[C@H]1C. The summed E-state index contributed by atoms with van der Waals surface area (Å²) in [7, 11) is 5.39. The van der Waals surface area contributed by atoms with Crippen LogP contribution in [-0.4, -0.2) is 147 Å². The van der Waals surface area contributed by atoms with Crippen LogP contribution in [0, 0.1) is 23.7 Å². The molecule has 0 bridgehead atoms. The zero-order valence-corrected chi connectivity index (χ0v) is 35.5. The van der Waals surface area contributed by atoms with Gasteiger partial charge in [-0.1, -0.05) is 0 Å². The van der Waals surface area contributed by atoms with Crippen molar-refractivity contribution in [2.24, 2.45) is 17.8 Å². The van der Waals surface area contributed by atoms with Crippen molar-refractivity contribution in [1.29, 1.82) is 0 Å². The van der Waals surface area contributed by atoms with Crippen LogP contribution in [0.4, 0.5) is 0 Å². The van der Waals surface area contributed by atoms with Gasteiger partial charge in [0.2, 0.25) is 0 Å². The third-order valence-corrected chi connectivity index (χ3v) is 13.7. The number of aliphatic hydroxyl groups excluding tert-OH is 3. The van der Waals surface area contributed by atoms with Crippen LogP contribution in [0.15, 0.2) is 0 Å². The number of hydrogen-bond donors (Lipinski definition) is 5. The first kappa shape index (κ1) is 45.3. The number of likely N-dealkylation sites (N-methyl/N-ethyl adjacent to an activating group) is 2. The molecule has 0 amide bonds. The molecule has 0 aromatic rings. The van der Waals surface area contributed by atoms with Crippen molar-refractivity contribution in [1.82, 2.24) is 10.2 Å². The molecule has 3 rings (SSSR count). The molecular formula is C38H71MoN2O10-. The van der Waals surface area contributed by atoms with Crippen LogP contribution in [0.3, 0.4) is 0 Å². The first-order chi connectivity index (χ1) is 23.7. The second-order valence-corrected chi connectivity index (χ2v) is 17.9. The van der Waals surface area contributed by atoms with Crippen LogP contribution >= 0.6 is 0 Å². The Morgan fingerprint density at radius 1 is 1.06 bits per heavy atom. The predicted octanol–water partition coefficient (Wildman–Crippen LogP) is 2.52. The predicted molar refractivity (Wildman–Crippen MR) is 195 cm³/mol. The van der Waals surface area contributed by atoms with Gasteiger partial charge in [-0.3, -0.25) is 0 Å². The van der Waals surface area contributed by atoms with Crippen LogP contribution in [-0.2, 0) is 46.1 Å². The van der Waals surface area contributed by atoms with Gasteiger partial charge in [0.25, 0.3) is 0 Å². The molecule has 12 nitrogen and oxygen atoms in total. The van der Waals surface area contributed by atoms with Crippen molar-refractivity contribution >= 4 is 8.99 Å². The van der Waals surface area contributed by atoms with Gasteiger partial charge in [-0.15, -0.1) is 0 Å². The molecule has 0 aromatic carbocycles. The van der Waals surface area contributed by atoms with Crippen molar-refractivity contribution < 1.29 is 66.5 Å².